The summed E-state index contributed by atoms with van der Waals surface area (Å²) in [6.07, 6.45) is 0. The maximum atomic E-state index is 11.7. The van der Waals surface area contributed by atoms with Crippen molar-refractivity contribution in [2.75, 3.05) is 0 Å². The Labute approximate surface area is 107 Å². The zero-order valence-corrected chi connectivity index (χ0v) is 10.1. The number of rotatable bonds is 4. The molecule has 0 radical (unpaired) electrons. The van der Waals surface area contributed by atoms with E-state index in [2.05, 4.69) is 5.32 Å². The number of amides is 2. The standard InChI is InChI=1S/C10H10ClN3O4/c1-5(9(12)15)13-10(16)6-3-2-4-7(8(6)11)14(17)18/h2-5H,1H3,(H2,12,15)(H,13,16). The molecule has 96 valence electrons. The molecule has 1 unspecified atom stereocenters. The van der Waals surface area contributed by atoms with Crippen LogP contribution < -0.4 is 11.1 Å². The number of nitrogens with one attached hydrogen (secondary N) is 1. The van der Waals surface area contributed by atoms with Gasteiger partial charge in [0, 0.05) is 6.07 Å². The fourth-order valence-corrected chi connectivity index (χ4v) is 1.46. The smallest absolute Gasteiger partial charge is 0.288 e. The van der Waals surface area contributed by atoms with Gasteiger partial charge in [0.2, 0.25) is 5.91 Å². The molecule has 1 aromatic rings. The Bertz CT molecular complexity index is 518. The molecule has 0 saturated carbocycles. The summed E-state index contributed by atoms with van der Waals surface area (Å²) in [5.74, 6) is -1.42. The lowest BCUT2D eigenvalue weighted by molar-refractivity contribution is -0.384. The number of carbonyl (C=O) groups is 2. The minimum Gasteiger partial charge on any atom is -0.368 e. The SMILES string of the molecule is CC(NC(=O)c1cccc([N+](=O)[O-])c1Cl)C(N)=O. The van der Waals surface area contributed by atoms with Crippen molar-refractivity contribution < 1.29 is 14.5 Å². The van der Waals surface area contributed by atoms with Gasteiger partial charge in [-0.2, -0.15) is 0 Å². The first-order valence-electron chi connectivity index (χ1n) is 4.87. The lowest BCUT2D eigenvalue weighted by Gasteiger charge is -2.10. The Morgan fingerprint density at radius 2 is 2.11 bits per heavy atom. The number of hydrogen-bond donors (Lipinski definition) is 2. The van der Waals surface area contributed by atoms with Crippen LogP contribution in [0.4, 0.5) is 5.69 Å². The normalized spacial score (nSPS) is 11.7. The highest BCUT2D eigenvalue weighted by atomic mass is 35.5. The Kier molecular flexibility index (Phi) is 4.22. The number of nitro groups is 1. The first-order valence-corrected chi connectivity index (χ1v) is 5.25. The summed E-state index contributed by atoms with van der Waals surface area (Å²) in [6.45, 7) is 1.39. The summed E-state index contributed by atoms with van der Waals surface area (Å²) in [6, 6.07) is 2.93. The average Bonchev–Trinajstić information content (AvgIpc) is 2.28. The highest BCUT2D eigenvalue weighted by molar-refractivity contribution is 6.35. The monoisotopic (exact) mass is 271 g/mol. The van der Waals surface area contributed by atoms with Gasteiger partial charge in [-0.3, -0.25) is 19.7 Å². The Balaban J connectivity index is 3.04. The molecule has 0 aliphatic rings. The zero-order valence-electron chi connectivity index (χ0n) is 9.34. The first-order chi connectivity index (χ1) is 8.34. The lowest BCUT2D eigenvalue weighted by Crippen LogP contribution is -2.42. The fraction of sp³-hybridized carbons (Fsp3) is 0.200. The molecule has 18 heavy (non-hydrogen) atoms. The summed E-state index contributed by atoms with van der Waals surface area (Å²) >= 11 is 5.74. The molecule has 3 N–H and O–H groups in total. The third-order valence-electron chi connectivity index (χ3n) is 2.19. The number of primary amides is 1. The van der Waals surface area contributed by atoms with Crippen LogP contribution >= 0.6 is 11.6 Å². The second-order valence-corrected chi connectivity index (χ2v) is 3.87. The highest BCUT2D eigenvalue weighted by Crippen LogP contribution is 2.27. The van der Waals surface area contributed by atoms with Gasteiger partial charge < -0.3 is 11.1 Å². The lowest BCUT2D eigenvalue weighted by atomic mass is 10.1. The van der Waals surface area contributed by atoms with E-state index < -0.39 is 22.8 Å². The van der Waals surface area contributed by atoms with Crippen molar-refractivity contribution in [1.82, 2.24) is 5.32 Å². The number of halogens is 1. The Morgan fingerprint density at radius 3 is 2.61 bits per heavy atom. The van der Waals surface area contributed by atoms with Crippen molar-refractivity contribution in [3.8, 4) is 0 Å². The molecule has 0 saturated heterocycles. The maximum absolute atomic E-state index is 11.7. The van der Waals surface area contributed by atoms with Gasteiger partial charge in [-0.15, -0.1) is 0 Å². The van der Waals surface area contributed by atoms with Crippen LogP contribution in [0.15, 0.2) is 18.2 Å². The molecule has 2 amide bonds. The van der Waals surface area contributed by atoms with Gasteiger partial charge >= 0.3 is 0 Å². The van der Waals surface area contributed by atoms with E-state index in [0.717, 1.165) is 0 Å². The van der Waals surface area contributed by atoms with E-state index in [1.807, 2.05) is 0 Å². The van der Waals surface area contributed by atoms with Gasteiger partial charge in [0.05, 0.1) is 10.5 Å². The highest BCUT2D eigenvalue weighted by Gasteiger charge is 2.21. The molecule has 0 fully saturated rings. The molecule has 0 spiro atoms. The number of benzene rings is 1. The summed E-state index contributed by atoms with van der Waals surface area (Å²) in [4.78, 5) is 32.5. The van der Waals surface area contributed by atoms with Crippen molar-refractivity contribution >= 4 is 29.1 Å². The molecule has 8 heteroatoms. The third kappa shape index (κ3) is 2.95. The van der Waals surface area contributed by atoms with Crippen molar-refractivity contribution in [2.24, 2.45) is 5.73 Å². The van der Waals surface area contributed by atoms with Gasteiger partial charge in [0.1, 0.15) is 11.1 Å². The first kappa shape index (κ1) is 13.9. The number of nitro benzene ring substituents is 1. The fourth-order valence-electron chi connectivity index (χ4n) is 1.18. The zero-order chi connectivity index (χ0) is 13.9. The van der Waals surface area contributed by atoms with Crippen LogP contribution in [0.5, 0.6) is 0 Å². The number of nitrogens with zero attached hydrogens (tertiary/aromatic N) is 1. The minimum absolute atomic E-state index is 0.0843. The molecule has 1 rings (SSSR count). The number of carbonyl (C=O) groups excluding carboxylic acids is 2. The van der Waals surface area contributed by atoms with Crippen LogP contribution in [-0.4, -0.2) is 22.8 Å². The van der Waals surface area contributed by atoms with E-state index in [1.54, 1.807) is 0 Å². The Morgan fingerprint density at radius 1 is 1.50 bits per heavy atom. The van der Waals surface area contributed by atoms with Gasteiger partial charge in [-0.1, -0.05) is 17.7 Å². The predicted molar refractivity (Wildman–Crippen MR) is 64.2 cm³/mol. The van der Waals surface area contributed by atoms with Crippen molar-refractivity contribution in [3.63, 3.8) is 0 Å². The van der Waals surface area contributed by atoms with Crippen LogP contribution in [0.2, 0.25) is 5.02 Å². The molecule has 7 nitrogen and oxygen atoms in total. The molecular weight excluding hydrogens is 262 g/mol. The third-order valence-corrected chi connectivity index (χ3v) is 2.59. The summed E-state index contributed by atoms with van der Waals surface area (Å²) in [5.41, 5.74) is 4.52. The summed E-state index contributed by atoms with van der Waals surface area (Å²) in [5, 5.41) is 12.6. The van der Waals surface area contributed by atoms with E-state index >= 15 is 0 Å². The molecule has 1 atom stereocenters. The molecule has 1 aromatic carbocycles. The van der Waals surface area contributed by atoms with Gasteiger partial charge in [-0.25, -0.2) is 0 Å². The topological polar surface area (TPSA) is 115 Å². The minimum atomic E-state index is -0.896. The van der Waals surface area contributed by atoms with Crippen LogP contribution in [0.1, 0.15) is 17.3 Å². The Hall–Kier alpha value is -2.15. The quantitative estimate of drug-likeness (QED) is 0.624. The summed E-state index contributed by atoms with van der Waals surface area (Å²) < 4.78 is 0. The van der Waals surface area contributed by atoms with E-state index in [9.17, 15) is 19.7 Å². The average molecular weight is 272 g/mol. The molecule has 0 bridgehead atoms. The van der Waals surface area contributed by atoms with Crippen molar-refractivity contribution in [1.29, 1.82) is 0 Å². The van der Waals surface area contributed by atoms with E-state index in [0.29, 0.717) is 0 Å². The maximum Gasteiger partial charge on any atom is 0.288 e. The van der Waals surface area contributed by atoms with E-state index in [-0.39, 0.29) is 16.3 Å². The molecule has 0 aliphatic heterocycles. The van der Waals surface area contributed by atoms with E-state index in [1.165, 1.54) is 25.1 Å². The van der Waals surface area contributed by atoms with Crippen molar-refractivity contribution in [3.05, 3.63) is 38.9 Å². The van der Waals surface area contributed by atoms with Crippen LogP contribution in [0.25, 0.3) is 0 Å². The predicted octanol–water partition coefficient (Wildman–Crippen LogP) is 0.852. The molecule has 0 aromatic heterocycles. The molecular formula is C10H10ClN3O4. The van der Waals surface area contributed by atoms with Crippen LogP contribution in [-0.2, 0) is 4.79 Å². The second kappa shape index (κ2) is 5.46. The largest absolute Gasteiger partial charge is 0.368 e. The summed E-state index contributed by atoms with van der Waals surface area (Å²) in [7, 11) is 0. The number of hydrogen-bond acceptors (Lipinski definition) is 4. The van der Waals surface area contributed by atoms with Gasteiger partial charge in [0.15, 0.2) is 0 Å². The number of nitrogens with two attached hydrogens (primary N) is 1. The van der Waals surface area contributed by atoms with Gasteiger partial charge in [-0.05, 0) is 13.0 Å². The molecule has 0 aliphatic carbocycles. The van der Waals surface area contributed by atoms with Crippen LogP contribution in [0.3, 0.4) is 0 Å². The molecule has 0 heterocycles. The van der Waals surface area contributed by atoms with Gasteiger partial charge in [0.25, 0.3) is 11.6 Å². The van der Waals surface area contributed by atoms with Crippen LogP contribution in [0, 0.1) is 10.1 Å². The van der Waals surface area contributed by atoms with Crippen molar-refractivity contribution in [2.45, 2.75) is 13.0 Å². The van der Waals surface area contributed by atoms with E-state index in [4.69, 9.17) is 17.3 Å². The second-order valence-electron chi connectivity index (χ2n) is 3.49.